The average molecular weight is 659 g/mol. The van der Waals surface area contributed by atoms with E-state index in [4.69, 9.17) is 18.6 Å². The maximum absolute atomic E-state index is 16.6. The number of ether oxygens (including phenoxy) is 3. The van der Waals surface area contributed by atoms with Crippen LogP contribution in [0.15, 0.2) is 36.4 Å². The number of anilines is 2. The second kappa shape index (κ2) is 14.8. The van der Waals surface area contributed by atoms with Crippen LogP contribution in [0.25, 0.3) is 0 Å². The Morgan fingerprint density at radius 3 is 2.02 bits per heavy atom. The summed E-state index contributed by atoms with van der Waals surface area (Å²) < 4.78 is 41.1. The van der Waals surface area contributed by atoms with Crippen LogP contribution in [-0.2, 0) is 31.7 Å². The number of hydrogen-bond acceptors (Lipinski definition) is 7. The minimum atomic E-state index is -2.30. The smallest absolute Gasteiger partial charge is 0.415 e. The zero-order valence-corrected chi connectivity index (χ0v) is 30.9. The molecule has 1 atom stereocenters. The van der Waals surface area contributed by atoms with Gasteiger partial charge >= 0.3 is 12.1 Å². The van der Waals surface area contributed by atoms with Gasteiger partial charge in [-0.15, -0.1) is 0 Å². The third-order valence-corrected chi connectivity index (χ3v) is 14.3. The van der Waals surface area contributed by atoms with E-state index >= 15 is 4.39 Å². The first kappa shape index (κ1) is 37.3. The average Bonchev–Trinajstić information content (AvgIpc) is 3.28. The van der Waals surface area contributed by atoms with Crippen molar-refractivity contribution in [3.63, 3.8) is 0 Å². The number of carbonyl (C=O) groups excluding carboxylic acids is 2. The Kier molecular flexibility index (Phi) is 12.0. The Morgan fingerprint density at radius 2 is 1.50 bits per heavy atom. The molecule has 8 nitrogen and oxygen atoms in total. The monoisotopic (exact) mass is 658 g/mol. The third kappa shape index (κ3) is 9.03. The number of hydrogen-bond donors (Lipinski definition) is 1. The van der Waals surface area contributed by atoms with Crippen LogP contribution in [0.1, 0.15) is 94.2 Å². The lowest BCUT2D eigenvalue weighted by atomic mass is 10.1. The lowest BCUT2D eigenvalue weighted by Gasteiger charge is -2.43. The van der Waals surface area contributed by atoms with E-state index in [1.165, 1.54) is 4.90 Å². The fourth-order valence-electron chi connectivity index (χ4n) is 6.57. The molecule has 3 rings (SSSR count). The highest BCUT2D eigenvalue weighted by molar-refractivity contribution is 6.77. The molecule has 2 aromatic rings. The van der Waals surface area contributed by atoms with Crippen LogP contribution in [0, 0.1) is 5.82 Å². The number of esters is 1. The minimum absolute atomic E-state index is 0.0431. The number of benzene rings is 2. The van der Waals surface area contributed by atoms with Crippen molar-refractivity contribution in [2.24, 2.45) is 0 Å². The van der Waals surface area contributed by atoms with Crippen LogP contribution >= 0.6 is 0 Å². The molecule has 1 heterocycles. The Morgan fingerprint density at radius 1 is 0.935 bits per heavy atom. The number of amides is 1. The van der Waals surface area contributed by atoms with E-state index in [9.17, 15) is 9.59 Å². The summed E-state index contributed by atoms with van der Waals surface area (Å²) in [5.41, 5.74) is 1.19. The summed E-state index contributed by atoms with van der Waals surface area (Å²) in [6, 6.07) is 10.7. The zero-order chi connectivity index (χ0) is 34.6. The van der Waals surface area contributed by atoms with E-state index in [2.05, 4.69) is 46.9 Å². The van der Waals surface area contributed by atoms with Gasteiger partial charge in [-0.25, -0.2) is 9.18 Å². The van der Waals surface area contributed by atoms with Crippen LogP contribution < -0.4 is 15.0 Å². The molecular formula is C36H55FN2O6Si. The fraction of sp³-hybridized carbons (Fsp3) is 0.611. The van der Waals surface area contributed by atoms with Crippen LogP contribution in [0.5, 0.6) is 5.75 Å². The predicted molar refractivity (Wildman–Crippen MR) is 185 cm³/mol. The first-order valence-corrected chi connectivity index (χ1v) is 18.5. The van der Waals surface area contributed by atoms with Crippen molar-refractivity contribution in [1.29, 1.82) is 0 Å². The molecule has 256 valence electrons. The Bertz CT molecular complexity index is 1330. The van der Waals surface area contributed by atoms with Crippen molar-refractivity contribution < 1.29 is 32.6 Å². The highest BCUT2D eigenvalue weighted by atomic mass is 28.4. The van der Waals surface area contributed by atoms with Crippen LogP contribution in [0.3, 0.4) is 0 Å². The molecule has 0 bridgehead atoms. The molecule has 10 heteroatoms. The van der Waals surface area contributed by atoms with E-state index in [0.29, 0.717) is 27.9 Å². The van der Waals surface area contributed by atoms with Crippen LogP contribution in [0.4, 0.5) is 20.6 Å². The van der Waals surface area contributed by atoms with Gasteiger partial charge in [-0.1, -0.05) is 71.9 Å². The lowest BCUT2D eigenvalue weighted by molar-refractivity contribution is -0.152. The molecule has 0 fully saturated rings. The van der Waals surface area contributed by atoms with Gasteiger partial charge in [0.25, 0.3) is 0 Å². The molecule has 0 unspecified atom stereocenters. The topological polar surface area (TPSA) is 86.3 Å². The highest BCUT2D eigenvalue weighted by Gasteiger charge is 2.47. The molecule has 0 saturated heterocycles. The fourth-order valence-corrected chi connectivity index (χ4v) is 12.1. The first-order valence-electron chi connectivity index (χ1n) is 16.4. The summed E-state index contributed by atoms with van der Waals surface area (Å²) in [4.78, 5) is 27.9. The molecule has 1 N–H and O–H groups in total. The molecule has 0 radical (unpaired) electrons. The molecule has 1 amide bonds. The first-order chi connectivity index (χ1) is 21.3. The maximum atomic E-state index is 16.6. The number of halogens is 1. The van der Waals surface area contributed by atoms with E-state index < -0.39 is 43.4 Å². The quantitative estimate of drug-likeness (QED) is 0.180. The van der Waals surface area contributed by atoms with Gasteiger partial charge in [0.15, 0.2) is 14.1 Å². The van der Waals surface area contributed by atoms with Crippen molar-refractivity contribution >= 4 is 31.8 Å². The molecule has 46 heavy (non-hydrogen) atoms. The predicted octanol–water partition coefficient (Wildman–Crippen LogP) is 9.02. The summed E-state index contributed by atoms with van der Waals surface area (Å²) in [5.74, 6) is -0.935. The lowest BCUT2D eigenvalue weighted by Crippen LogP contribution is -2.51. The van der Waals surface area contributed by atoms with Gasteiger partial charge in [0.1, 0.15) is 35.8 Å². The number of fused-ring (bicyclic) bond motifs is 1. The van der Waals surface area contributed by atoms with Gasteiger partial charge in [0, 0.05) is 18.1 Å². The van der Waals surface area contributed by atoms with Gasteiger partial charge in [-0.3, -0.25) is 9.69 Å². The largest absolute Gasteiger partial charge is 0.487 e. The van der Waals surface area contributed by atoms with E-state index in [1.807, 2.05) is 30.3 Å². The standard InChI is InChI=1S/C36H55FN2O6Si/c1-23(2)46(24(3)4,25(5)6)43-22-27-18-28-29(39(27)34(41)45-36(10,11)12)19-30(42-21-26-16-14-13-15-17-26)33(32(28)37)38-20-31(40)44-35(7,8)9/h13-17,19,23-25,27,38H,18,20-22H2,1-12H3/t27-/m1/s1. The minimum Gasteiger partial charge on any atom is -0.487 e. The van der Waals surface area contributed by atoms with Crippen molar-refractivity contribution in [2.75, 3.05) is 23.4 Å². The van der Waals surface area contributed by atoms with Gasteiger partial charge in [-0.2, -0.15) is 0 Å². The van der Waals surface area contributed by atoms with Crippen molar-refractivity contribution in [1.82, 2.24) is 0 Å². The molecular weight excluding hydrogens is 603 g/mol. The molecule has 0 aliphatic carbocycles. The molecule has 0 spiro atoms. The number of nitrogens with one attached hydrogen (secondary N) is 1. The normalized spacial score (nSPS) is 15.4. The molecule has 0 saturated carbocycles. The second-order valence-electron chi connectivity index (χ2n) is 15.1. The van der Waals surface area contributed by atoms with Crippen LogP contribution in [-0.4, -0.2) is 50.8 Å². The van der Waals surface area contributed by atoms with E-state index in [0.717, 1.165) is 5.56 Å². The van der Waals surface area contributed by atoms with Crippen molar-refractivity contribution in [3.05, 3.63) is 53.3 Å². The Balaban J connectivity index is 2.08. The molecule has 1 aliphatic heterocycles. The second-order valence-corrected chi connectivity index (χ2v) is 20.6. The van der Waals surface area contributed by atoms with Crippen molar-refractivity contribution in [2.45, 2.75) is 130 Å². The van der Waals surface area contributed by atoms with Crippen molar-refractivity contribution in [3.8, 4) is 5.75 Å². The van der Waals surface area contributed by atoms with Gasteiger partial charge in [-0.05, 0) is 63.7 Å². The summed E-state index contributed by atoms with van der Waals surface area (Å²) in [6.45, 7) is 24.1. The maximum Gasteiger partial charge on any atom is 0.415 e. The van der Waals surface area contributed by atoms with E-state index in [-0.39, 0.29) is 37.6 Å². The van der Waals surface area contributed by atoms with Gasteiger partial charge in [0.2, 0.25) is 0 Å². The summed E-state index contributed by atoms with van der Waals surface area (Å²) in [5, 5.41) is 2.93. The summed E-state index contributed by atoms with van der Waals surface area (Å²) >= 11 is 0. The number of rotatable bonds is 12. The van der Waals surface area contributed by atoms with Gasteiger partial charge in [0.05, 0.1) is 18.3 Å². The Labute approximate surface area is 276 Å². The van der Waals surface area contributed by atoms with Crippen LogP contribution in [0.2, 0.25) is 16.6 Å². The SMILES string of the molecule is CC(C)[Si](OC[C@H]1Cc2c(cc(OCc3ccccc3)c(NCC(=O)OC(C)(C)C)c2F)N1C(=O)OC(C)(C)C)(C(C)C)C(C)C. The third-order valence-electron chi connectivity index (χ3n) is 8.26. The van der Waals surface area contributed by atoms with Gasteiger partial charge < -0.3 is 24.0 Å². The summed E-state index contributed by atoms with van der Waals surface area (Å²) in [6.07, 6.45) is -0.354. The molecule has 0 aromatic heterocycles. The highest BCUT2D eigenvalue weighted by Crippen LogP contribution is 2.46. The van der Waals surface area contributed by atoms with E-state index in [1.54, 1.807) is 47.6 Å². The Hall–Kier alpha value is -3.11. The number of carbonyl (C=O) groups is 2. The number of nitrogens with zero attached hydrogens (tertiary/aromatic N) is 1. The molecule has 2 aromatic carbocycles. The summed E-state index contributed by atoms with van der Waals surface area (Å²) in [7, 11) is -2.30. The molecule has 1 aliphatic rings. The zero-order valence-electron chi connectivity index (χ0n) is 29.9.